The predicted octanol–water partition coefficient (Wildman–Crippen LogP) is 5.40. The van der Waals surface area contributed by atoms with Crippen LogP contribution in [0.3, 0.4) is 0 Å². The Morgan fingerprint density at radius 3 is 1.89 bits per heavy atom. The third kappa shape index (κ3) is 5.65. The van der Waals surface area contributed by atoms with Gasteiger partial charge in [-0.2, -0.15) is 0 Å². The van der Waals surface area contributed by atoms with Gasteiger partial charge in [0, 0.05) is 0 Å². The molecule has 0 aliphatic heterocycles. The average molecular weight is 278 g/mol. The summed E-state index contributed by atoms with van der Waals surface area (Å²) in [5, 5.41) is 1.60. The molecule has 0 atom stereocenters. The molecule has 0 saturated carbocycles. The van der Waals surface area contributed by atoms with Crippen LogP contribution in [0.4, 0.5) is 0 Å². The molecule has 0 bridgehead atoms. The highest BCUT2D eigenvalue weighted by molar-refractivity contribution is 7.65. The fourth-order valence-electron chi connectivity index (χ4n) is 2.34. The van der Waals surface area contributed by atoms with Crippen LogP contribution >= 0.6 is 7.92 Å². The first kappa shape index (κ1) is 16.7. The summed E-state index contributed by atoms with van der Waals surface area (Å²) in [6.07, 6.45) is 2.72. The smallest absolute Gasteiger partial charge is 0.0132 e. The van der Waals surface area contributed by atoms with Gasteiger partial charge in [-0.05, 0) is 40.4 Å². The van der Waals surface area contributed by atoms with Crippen molar-refractivity contribution in [2.75, 3.05) is 12.3 Å². The number of hydrogen-bond donors (Lipinski definition) is 0. The lowest BCUT2D eigenvalue weighted by Gasteiger charge is -2.25. The maximum Gasteiger partial charge on any atom is -0.0132 e. The van der Waals surface area contributed by atoms with Gasteiger partial charge in [-0.1, -0.05) is 80.7 Å². The van der Waals surface area contributed by atoms with Crippen LogP contribution in [0.2, 0.25) is 0 Å². The zero-order chi connectivity index (χ0) is 14.6. The van der Waals surface area contributed by atoms with Crippen LogP contribution in [0, 0.1) is 11.8 Å². The summed E-state index contributed by atoms with van der Waals surface area (Å²) in [6, 6.07) is 9.36. The quantitative estimate of drug-likeness (QED) is 0.632. The zero-order valence-electron chi connectivity index (χ0n) is 13.8. The maximum atomic E-state index is 2.47. The molecule has 0 unspecified atom stereocenters. The standard InChI is InChI=1S/C18H31P/c1-14(2)12-19(13-15(3)4)17-10-8-9-16(11-17)18(5,6)7/h8-11,14-15H,12-13H2,1-7H3. The van der Waals surface area contributed by atoms with E-state index in [0.717, 1.165) is 11.8 Å². The molecule has 0 N–H and O–H groups in total. The molecule has 0 heterocycles. The SMILES string of the molecule is CC(C)CP(CC(C)C)c1cccc(C(C)(C)C)c1. The highest BCUT2D eigenvalue weighted by atomic mass is 31.1. The second kappa shape index (κ2) is 6.89. The molecular weight excluding hydrogens is 247 g/mol. The van der Waals surface area contributed by atoms with Crippen LogP contribution in [0.25, 0.3) is 0 Å². The molecule has 1 rings (SSSR count). The minimum absolute atomic E-state index is 0.00197. The van der Waals surface area contributed by atoms with E-state index in [1.165, 1.54) is 17.9 Å². The Morgan fingerprint density at radius 2 is 1.47 bits per heavy atom. The van der Waals surface area contributed by atoms with Crippen molar-refractivity contribution in [1.82, 2.24) is 0 Å². The molecule has 108 valence electrons. The Morgan fingerprint density at radius 1 is 0.947 bits per heavy atom. The van der Waals surface area contributed by atoms with E-state index in [2.05, 4.69) is 72.7 Å². The summed E-state index contributed by atoms with van der Waals surface area (Å²) in [7, 11) is 0.00197. The van der Waals surface area contributed by atoms with Gasteiger partial charge in [0.05, 0.1) is 0 Å². The van der Waals surface area contributed by atoms with Crippen LogP contribution in [-0.2, 0) is 5.41 Å². The van der Waals surface area contributed by atoms with E-state index >= 15 is 0 Å². The predicted molar refractivity (Wildman–Crippen MR) is 91.1 cm³/mol. The summed E-state index contributed by atoms with van der Waals surface area (Å²) >= 11 is 0. The Bertz CT molecular complexity index is 375. The fourth-order valence-corrected chi connectivity index (χ4v) is 5.29. The second-order valence-electron chi connectivity index (χ2n) is 7.49. The highest BCUT2D eigenvalue weighted by Crippen LogP contribution is 2.39. The van der Waals surface area contributed by atoms with Crippen molar-refractivity contribution >= 4 is 13.2 Å². The van der Waals surface area contributed by atoms with E-state index < -0.39 is 0 Å². The minimum Gasteiger partial charge on any atom is -0.0748 e. The third-order valence-electron chi connectivity index (χ3n) is 3.25. The largest absolute Gasteiger partial charge is 0.0748 e. The van der Waals surface area contributed by atoms with Crippen molar-refractivity contribution in [3.05, 3.63) is 29.8 Å². The lowest BCUT2D eigenvalue weighted by Crippen LogP contribution is -2.17. The molecule has 1 heteroatoms. The van der Waals surface area contributed by atoms with Crippen LogP contribution in [0.1, 0.15) is 54.0 Å². The molecule has 0 amide bonds. The van der Waals surface area contributed by atoms with Gasteiger partial charge >= 0.3 is 0 Å². The average Bonchev–Trinajstić information content (AvgIpc) is 2.26. The molecule has 0 nitrogen and oxygen atoms in total. The Hall–Kier alpha value is -0.350. The molecule has 1 aromatic rings. The number of hydrogen-bond acceptors (Lipinski definition) is 0. The molecule has 0 spiro atoms. The van der Waals surface area contributed by atoms with Crippen molar-refractivity contribution in [3.8, 4) is 0 Å². The Kier molecular flexibility index (Phi) is 6.06. The van der Waals surface area contributed by atoms with Gasteiger partial charge in [-0.3, -0.25) is 0 Å². The third-order valence-corrected chi connectivity index (χ3v) is 6.60. The van der Waals surface area contributed by atoms with Crippen molar-refractivity contribution in [3.63, 3.8) is 0 Å². The summed E-state index contributed by atoms with van der Waals surface area (Å²) in [4.78, 5) is 0. The summed E-state index contributed by atoms with van der Waals surface area (Å²) in [5.74, 6) is 1.59. The van der Waals surface area contributed by atoms with Crippen LogP contribution < -0.4 is 5.30 Å². The first-order chi connectivity index (χ1) is 8.70. The van der Waals surface area contributed by atoms with Gasteiger partial charge in [0.15, 0.2) is 0 Å². The molecule has 0 aromatic heterocycles. The summed E-state index contributed by atoms with van der Waals surface area (Å²) < 4.78 is 0. The van der Waals surface area contributed by atoms with Gasteiger partial charge in [0.2, 0.25) is 0 Å². The molecule has 0 saturated heterocycles. The highest BCUT2D eigenvalue weighted by Gasteiger charge is 2.18. The van der Waals surface area contributed by atoms with Crippen molar-refractivity contribution in [2.45, 2.75) is 53.9 Å². The topological polar surface area (TPSA) is 0 Å². The zero-order valence-corrected chi connectivity index (χ0v) is 14.7. The van der Waals surface area contributed by atoms with Gasteiger partial charge in [0.1, 0.15) is 0 Å². The Labute approximate surface area is 121 Å². The first-order valence-electron chi connectivity index (χ1n) is 7.55. The molecule has 0 fully saturated rings. The number of benzene rings is 1. The van der Waals surface area contributed by atoms with Crippen LogP contribution in [0.15, 0.2) is 24.3 Å². The molecular formula is C18H31P. The molecule has 0 aliphatic carbocycles. The first-order valence-corrected chi connectivity index (χ1v) is 9.27. The lowest BCUT2D eigenvalue weighted by atomic mass is 9.87. The lowest BCUT2D eigenvalue weighted by molar-refractivity contribution is 0.591. The van der Waals surface area contributed by atoms with E-state index in [0.29, 0.717) is 0 Å². The second-order valence-corrected chi connectivity index (χ2v) is 9.82. The van der Waals surface area contributed by atoms with E-state index in [1.807, 2.05) is 0 Å². The molecule has 19 heavy (non-hydrogen) atoms. The maximum absolute atomic E-state index is 2.47. The summed E-state index contributed by atoms with van der Waals surface area (Å²) in [6.45, 7) is 16.3. The van der Waals surface area contributed by atoms with Crippen LogP contribution in [-0.4, -0.2) is 12.3 Å². The normalized spacial score (nSPS) is 12.7. The summed E-state index contributed by atoms with van der Waals surface area (Å²) in [5.41, 5.74) is 1.73. The molecule has 1 aromatic carbocycles. The van der Waals surface area contributed by atoms with Gasteiger partial charge < -0.3 is 0 Å². The Balaban J connectivity index is 3.01. The minimum atomic E-state index is 0.00197. The number of rotatable bonds is 5. The molecule has 0 aliphatic rings. The van der Waals surface area contributed by atoms with Crippen molar-refractivity contribution < 1.29 is 0 Å². The van der Waals surface area contributed by atoms with Crippen molar-refractivity contribution in [1.29, 1.82) is 0 Å². The van der Waals surface area contributed by atoms with Gasteiger partial charge in [-0.15, -0.1) is 0 Å². The van der Waals surface area contributed by atoms with E-state index in [-0.39, 0.29) is 13.3 Å². The van der Waals surface area contributed by atoms with E-state index in [4.69, 9.17) is 0 Å². The van der Waals surface area contributed by atoms with Gasteiger partial charge in [-0.25, -0.2) is 0 Å². The van der Waals surface area contributed by atoms with Gasteiger partial charge in [0.25, 0.3) is 0 Å². The fraction of sp³-hybridized carbons (Fsp3) is 0.667. The monoisotopic (exact) mass is 278 g/mol. The molecule has 0 radical (unpaired) electrons. The van der Waals surface area contributed by atoms with Crippen molar-refractivity contribution in [2.24, 2.45) is 11.8 Å². The van der Waals surface area contributed by atoms with E-state index in [1.54, 1.807) is 5.30 Å². The van der Waals surface area contributed by atoms with E-state index in [9.17, 15) is 0 Å². The van der Waals surface area contributed by atoms with Crippen LogP contribution in [0.5, 0.6) is 0 Å².